The zero-order chi connectivity index (χ0) is 16.4. The van der Waals surface area contributed by atoms with E-state index in [1.807, 2.05) is 19.0 Å². The molecule has 3 rings (SSSR count). The molecule has 116 valence electrons. The molecule has 0 saturated heterocycles. The third-order valence-corrected chi connectivity index (χ3v) is 4.18. The topological polar surface area (TPSA) is 12.1 Å². The van der Waals surface area contributed by atoms with Gasteiger partial charge in [0.2, 0.25) is 0 Å². The van der Waals surface area contributed by atoms with Crippen LogP contribution in [0.3, 0.4) is 0 Å². The lowest BCUT2D eigenvalue weighted by Gasteiger charge is -2.09. The predicted octanol–water partition coefficient (Wildman–Crippen LogP) is 2.80. The molecule has 0 saturated carbocycles. The Morgan fingerprint density at radius 2 is 1.96 bits per heavy atom. The number of para-hydroxylation sites is 2. The number of hydrogen-bond donors (Lipinski definition) is 0. The summed E-state index contributed by atoms with van der Waals surface area (Å²) in [6.45, 7) is 0. The van der Waals surface area contributed by atoms with Gasteiger partial charge in [0.25, 0.3) is 5.82 Å². The zero-order valence-electron chi connectivity index (χ0n) is 14.2. The van der Waals surface area contributed by atoms with E-state index in [0.717, 1.165) is 12.1 Å². The minimum atomic E-state index is 0.776. The van der Waals surface area contributed by atoms with Crippen molar-refractivity contribution < 1.29 is 4.57 Å². The first kappa shape index (κ1) is 15.2. The van der Waals surface area contributed by atoms with Crippen LogP contribution in [0.5, 0.6) is 0 Å². The molecule has 0 atom stereocenters. The molecule has 0 fully saturated rings. The molecule has 23 heavy (non-hydrogen) atoms. The van der Waals surface area contributed by atoms with Gasteiger partial charge in [-0.3, -0.25) is 0 Å². The number of fused-ring (bicyclic) bond motifs is 1. The van der Waals surface area contributed by atoms with Crippen LogP contribution in [0.4, 0.5) is 0 Å². The molecule has 0 unspecified atom stereocenters. The summed E-state index contributed by atoms with van der Waals surface area (Å²) in [6.07, 6.45) is 9.33. The monoisotopic (exact) mass is 304 g/mol. The maximum atomic E-state index is 3.23. The quantitative estimate of drug-likeness (QED) is 0.627. The van der Waals surface area contributed by atoms with Gasteiger partial charge in [0.15, 0.2) is 11.0 Å². The van der Waals surface area contributed by atoms with Crippen molar-refractivity contribution in [3.05, 3.63) is 59.6 Å². The number of benzene rings is 1. The third kappa shape index (κ3) is 2.93. The number of hydrogen-bond acceptors (Lipinski definition) is 1. The third-order valence-electron chi connectivity index (χ3n) is 4.18. The second-order valence-corrected chi connectivity index (χ2v) is 5.96. The highest BCUT2D eigenvalue weighted by molar-refractivity contribution is 5.73. The van der Waals surface area contributed by atoms with E-state index in [1.165, 1.54) is 22.4 Å². The minimum Gasteiger partial charge on any atom is -0.371 e. The molecular formula is C20H22N3+. The van der Waals surface area contributed by atoms with Crippen molar-refractivity contribution in [2.45, 2.75) is 6.42 Å². The van der Waals surface area contributed by atoms with Crippen LogP contribution in [0.2, 0.25) is 0 Å². The van der Waals surface area contributed by atoms with Crippen LogP contribution in [0.25, 0.3) is 17.1 Å². The Morgan fingerprint density at radius 1 is 1.17 bits per heavy atom. The van der Waals surface area contributed by atoms with Crippen LogP contribution in [0.1, 0.15) is 12.2 Å². The second-order valence-electron chi connectivity index (χ2n) is 5.96. The van der Waals surface area contributed by atoms with E-state index in [9.17, 15) is 0 Å². The van der Waals surface area contributed by atoms with Gasteiger partial charge in [0.05, 0.1) is 19.8 Å². The predicted molar refractivity (Wildman–Crippen MR) is 95.4 cm³/mol. The number of allylic oxidation sites excluding steroid dienone is 5. The van der Waals surface area contributed by atoms with Crippen molar-refractivity contribution in [1.82, 2.24) is 9.47 Å². The van der Waals surface area contributed by atoms with Crippen molar-refractivity contribution in [1.29, 1.82) is 0 Å². The van der Waals surface area contributed by atoms with Crippen molar-refractivity contribution in [2.24, 2.45) is 14.1 Å². The maximum Gasteiger partial charge on any atom is 0.281 e. The van der Waals surface area contributed by atoms with Gasteiger partial charge in [-0.2, -0.15) is 0 Å². The average molecular weight is 304 g/mol. The summed E-state index contributed by atoms with van der Waals surface area (Å²) < 4.78 is 4.44. The fraction of sp³-hybridized carbons (Fsp3) is 0.250. The van der Waals surface area contributed by atoms with E-state index in [0.29, 0.717) is 0 Å². The van der Waals surface area contributed by atoms with Gasteiger partial charge in [-0.25, -0.2) is 9.13 Å². The lowest BCUT2D eigenvalue weighted by atomic mass is 10.1. The van der Waals surface area contributed by atoms with Crippen LogP contribution in [0.15, 0.2) is 53.8 Å². The maximum absolute atomic E-state index is 3.23. The largest absolute Gasteiger partial charge is 0.371 e. The first-order chi connectivity index (χ1) is 11.1. The minimum absolute atomic E-state index is 0.776. The second kappa shape index (κ2) is 6.18. The fourth-order valence-electron chi connectivity index (χ4n) is 2.81. The summed E-state index contributed by atoms with van der Waals surface area (Å²) in [4.78, 5) is 2.04. The molecular weight excluding hydrogens is 282 g/mol. The summed E-state index contributed by atoms with van der Waals surface area (Å²) in [5.74, 6) is 7.59. The molecule has 1 aromatic carbocycles. The Kier molecular flexibility index (Phi) is 4.08. The number of aromatic nitrogens is 2. The number of imidazole rings is 1. The van der Waals surface area contributed by atoms with Gasteiger partial charge in [-0.15, -0.1) is 0 Å². The molecule has 1 aromatic heterocycles. The Labute approximate surface area is 137 Å². The summed E-state index contributed by atoms with van der Waals surface area (Å²) in [6, 6.07) is 8.45. The van der Waals surface area contributed by atoms with Crippen molar-refractivity contribution >= 4 is 17.1 Å². The van der Waals surface area contributed by atoms with Gasteiger partial charge >= 0.3 is 0 Å². The molecule has 2 aromatic rings. The molecule has 3 nitrogen and oxygen atoms in total. The summed E-state index contributed by atoms with van der Waals surface area (Å²) in [7, 11) is 8.25. The Hall–Kier alpha value is -2.73. The number of aryl methyl sites for hydroxylation is 2. The van der Waals surface area contributed by atoms with Gasteiger partial charge in [0.1, 0.15) is 0 Å². The molecule has 3 heteroatoms. The van der Waals surface area contributed by atoms with Crippen molar-refractivity contribution in [2.75, 3.05) is 14.1 Å². The van der Waals surface area contributed by atoms with Gasteiger partial charge in [-0.05, 0) is 35.8 Å². The summed E-state index contributed by atoms with van der Waals surface area (Å²) >= 11 is 0. The smallest absolute Gasteiger partial charge is 0.281 e. The molecule has 1 heterocycles. The highest BCUT2D eigenvalue weighted by Gasteiger charge is 2.16. The van der Waals surface area contributed by atoms with E-state index >= 15 is 0 Å². The normalized spacial score (nSPS) is 14.3. The molecule has 1 aliphatic carbocycles. The summed E-state index contributed by atoms with van der Waals surface area (Å²) in [5.41, 5.74) is 4.74. The van der Waals surface area contributed by atoms with E-state index < -0.39 is 0 Å². The van der Waals surface area contributed by atoms with Gasteiger partial charge < -0.3 is 4.90 Å². The van der Waals surface area contributed by atoms with Crippen molar-refractivity contribution in [3.8, 4) is 11.8 Å². The fourth-order valence-corrected chi connectivity index (χ4v) is 2.81. The number of nitrogens with zero attached hydrogens (tertiary/aromatic N) is 3. The molecule has 0 radical (unpaired) electrons. The Morgan fingerprint density at radius 3 is 2.70 bits per heavy atom. The van der Waals surface area contributed by atoms with E-state index in [2.05, 4.69) is 83.6 Å². The Bertz CT molecular complexity index is 857. The van der Waals surface area contributed by atoms with Crippen LogP contribution in [-0.2, 0) is 14.1 Å². The van der Waals surface area contributed by atoms with Crippen LogP contribution < -0.4 is 4.57 Å². The average Bonchev–Trinajstić information content (AvgIpc) is 2.73. The lowest BCUT2D eigenvalue weighted by molar-refractivity contribution is -0.647. The van der Waals surface area contributed by atoms with Crippen LogP contribution in [-0.4, -0.2) is 23.6 Å². The van der Waals surface area contributed by atoms with E-state index in [-0.39, 0.29) is 0 Å². The SMILES string of the molecule is CN(C)C1=CC=C(C=Cc2n(C)c3ccccc3[n+]2C)CC#C1. The molecule has 0 bridgehead atoms. The van der Waals surface area contributed by atoms with Gasteiger partial charge in [0, 0.05) is 26.6 Å². The standard InChI is InChI=1S/C20H22N3/c1-21(2)17-9-7-8-16(12-14-17)13-15-20-22(3)18-10-5-6-11-19(18)23(20)4/h5-6,10-15H,8H2,1-4H3/q+1. The van der Waals surface area contributed by atoms with Crippen LogP contribution in [0, 0.1) is 11.8 Å². The lowest BCUT2D eigenvalue weighted by Crippen LogP contribution is -2.30. The molecule has 0 aliphatic heterocycles. The van der Waals surface area contributed by atoms with E-state index in [4.69, 9.17) is 0 Å². The first-order valence-corrected chi connectivity index (χ1v) is 7.76. The molecule has 0 spiro atoms. The Balaban J connectivity index is 1.94. The highest BCUT2D eigenvalue weighted by atomic mass is 15.1. The zero-order valence-corrected chi connectivity index (χ0v) is 14.2. The molecule has 1 aliphatic rings. The first-order valence-electron chi connectivity index (χ1n) is 7.76. The molecule has 0 amide bonds. The highest BCUT2D eigenvalue weighted by Crippen LogP contribution is 2.15. The van der Waals surface area contributed by atoms with E-state index in [1.54, 1.807) is 0 Å². The number of rotatable bonds is 3. The summed E-state index contributed by atoms with van der Waals surface area (Å²) in [5, 5.41) is 0. The van der Waals surface area contributed by atoms with Crippen LogP contribution >= 0.6 is 0 Å². The van der Waals surface area contributed by atoms with Gasteiger partial charge in [-0.1, -0.05) is 24.1 Å². The molecule has 0 N–H and O–H groups in total. The van der Waals surface area contributed by atoms with Crippen molar-refractivity contribution in [3.63, 3.8) is 0 Å².